The zero-order valence-corrected chi connectivity index (χ0v) is 16.7. The Hall–Kier alpha value is -3.56. The van der Waals surface area contributed by atoms with E-state index in [1.165, 1.54) is 16.8 Å². The lowest BCUT2D eigenvalue weighted by Gasteiger charge is -2.12. The van der Waals surface area contributed by atoms with Gasteiger partial charge in [-0.2, -0.15) is 0 Å². The van der Waals surface area contributed by atoms with Gasteiger partial charge in [-0.05, 0) is 32.9 Å². The molecule has 160 valence electrons. The number of benzene rings is 1. The number of carbonyl (C=O) groups excluding carboxylic acids is 2. The summed E-state index contributed by atoms with van der Waals surface area (Å²) in [4.78, 5) is 51.6. The number of pyridine rings is 1. The number of fused-ring (bicyclic) bond motifs is 1. The quantitative estimate of drug-likeness (QED) is 0.395. The van der Waals surface area contributed by atoms with Crippen molar-refractivity contribution in [3.8, 4) is 0 Å². The highest BCUT2D eigenvalue weighted by molar-refractivity contribution is 6.09. The van der Waals surface area contributed by atoms with Gasteiger partial charge in [0.1, 0.15) is 17.1 Å². The fourth-order valence-corrected chi connectivity index (χ4v) is 2.75. The summed E-state index contributed by atoms with van der Waals surface area (Å²) in [6.07, 6.45) is 2.08. The number of rotatable bonds is 8. The Labute approximate surface area is 170 Å². The van der Waals surface area contributed by atoms with Crippen molar-refractivity contribution in [1.29, 1.82) is 0 Å². The molecule has 0 fully saturated rings. The fraction of sp³-hybridized carbons (Fsp3) is 0.350. The summed E-state index contributed by atoms with van der Waals surface area (Å²) in [5.74, 6) is -5.61. The van der Waals surface area contributed by atoms with Crippen molar-refractivity contribution in [3.63, 3.8) is 0 Å². The molecule has 0 aliphatic heterocycles. The molecule has 0 saturated heterocycles. The number of carboxylic acid groups (broad SMARTS) is 1. The minimum Gasteiger partial charge on any atom is -0.477 e. The third kappa shape index (κ3) is 4.70. The van der Waals surface area contributed by atoms with Crippen molar-refractivity contribution >= 4 is 40.7 Å². The van der Waals surface area contributed by atoms with Crippen LogP contribution in [0.1, 0.15) is 31.1 Å². The lowest BCUT2D eigenvalue weighted by Crippen LogP contribution is -2.29. The van der Waals surface area contributed by atoms with Gasteiger partial charge in [-0.1, -0.05) is 0 Å². The van der Waals surface area contributed by atoms with Crippen molar-refractivity contribution in [2.24, 2.45) is 10.9 Å². The third-order valence-electron chi connectivity index (χ3n) is 4.16. The van der Waals surface area contributed by atoms with Crippen LogP contribution < -0.4 is 5.43 Å². The van der Waals surface area contributed by atoms with Gasteiger partial charge in [0.2, 0.25) is 5.43 Å². The molecule has 0 radical (unpaired) electrons. The number of ether oxygens (including phenoxy) is 2. The molecule has 0 atom stereocenters. The predicted molar refractivity (Wildman–Crippen MR) is 106 cm³/mol. The van der Waals surface area contributed by atoms with Crippen molar-refractivity contribution in [3.05, 3.63) is 39.9 Å². The van der Waals surface area contributed by atoms with Crippen LogP contribution in [0.5, 0.6) is 0 Å². The first kappa shape index (κ1) is 22.7. The van der Waals surface area contributed by atoms with Gasteiger partial charge in [-0.3, -0.25) is 19.4 Å². The van der Waals surface area contributed by atoms with Gasteiger partial charge in [0.25, 0.3) is 0 Å². The van der Waals surface area contributed by atoms with Crippen LogP contribution in [0.3, 0.4) is 0 Å². The van der Waals surface area contributed by atoms with Gasteiger partial charge in [-0.25, -0.2) is 9.18 Å². The Kier molecular flexibility index (Phi) is 7.40. The maximum atomic E-state index is 14.6. The zero-order valence-electron chi connectivity index (χ0n) is 16.7. The summed E-state index contributed by atoms with van der Waals surface area (Å²) < 4.78 is 25.7. The second-order valence-electron chi connectivity index (χ2n) is 6.04. The first-order chi connectivity index (χ1) is 14.2. The molecule has 0 aliphatic rings. The highest BCUT2D eigenvalue weighted by atomic mass is 19.1. The van der Waals surface area contributed by atoms with Crippen LogP contribution in [0, 0.1) is 11.7 Å². The molecule has 9 nitrogen and oxygen atoms in total. The molecule has 0 saturated carbocycles. The average molecular weight is 420 g/mol. The minimum absolute atomic E-state index is 0.0294. The number of nitrogens with zero attached hydrogens (tertiary/aromatic N) is 2. The number of carbonyl (C=O) groups is 3. The maximum absolute atomic E-state index is 14.6. The molecule has 1 aromatic heterocycles. The van der Waals surface area contributed by atoms with Crippen LogP contribution in [0.4, 0.5) is 10.1 Å². The van der Waals surface area contributed by atoms with E-state index in [1.54, 1.807) is 20.8 Å². The lowest BCUT2D eigenvalue weighted by atomic mass is 10.1. The molecule has 2 aromatic rings. The number of carboxylic acids is 1. The molecule has 1 aromatic carbocycles. The lowest BCUT2D eigenvalue weighted by molar-refractivity contribution is -0.157. The van der Waals surface area contributed by atoms with E-state index in [0.717, 1.165) is 12.3 Å². The smallest absolute Gasteiger partial charge is 0.341 e. The Morgan fingerprint density at radius 3 is 2.27 bits per heavy atom. The summed E-state index contributed by atoms with van der Waals surface area (Å²) in [6, 6.07) is 2.12. The molecule has 2 rings (SSSR count). The Morgan fingerprint density at radius 1 is 1.17 bits per heavy atom. The summed E-state index contributed by atoms with van der Waals surface area (Å²) in [7, 11) is 0. The molecular formula is C20H21FN2O7. The number of hydrogen-bond donors (Lipinski definition) is 1. The molecular weight excluding hydrogens is 399 g/mol. The van der Waals surface area contributed by atoms with Crippen molar-refractivity contribution in [2.45, 2.75) is 27.3 Å². The minimum atomic E-state index is -1.48. The van der Waals surface area contributed by atoms with Crippen LogP contribution >= 0.6 is 0 Å². The molecule has 0 aliphatic carbocycles. The highest BCUT2D eigenvalue weighted by Crippen LogP contribution is 2.24. The van der Waals surface area contributed by atoms with E-state index in [9.17, 15) is 28.7 Å². The molecule has 30 heavy (non-hydrogen) atoms. The first-order valence-corrected chi connectivity index (χ1v) is 9.22. The average Bonchev–Trinajstić information content (AvgIpc) is 2.69. The fourth-order valence-electron chi connectivity index (χ4n) is 2.75. The summed E-state index contributed by atoms with van der Waals surface area (Å²) >= 11 is 0. The van der Waals surface area contributed by atoms with Gasteiger partial charge < -0.3 is 19.1 Å². The number of esters is 2. The van der Waals surface area contributed by atoms with Gasteiger partial charge in [0.05, 0.1) is 18.7 Å². The molecule has 10 heteroatoms. The van der Waals surface area contributed by atoms with Gasteiger partial charge >= 0.3 is 17.9 Å². The van der Waals surface area contributed by atoms with E-state index in [0.29, 0.717) is 6.54 Å². The first-order valence-electron chi connectivity index (χ1n) is 9.22. The molecule has 0 amide bonds. The van der Waals surface area contributed by atoms with E-state index < -0.39 is 40.6 Å². The van der Waals surface area contributed by atoms with E-state index in [1.807, 2.05) is 0 Å². The van der Waals surface area contributed by atoms with E-state index in [-0.39, 0.29) is 29.8 Å². The normalized spacial score (nSPS) is 11.2. The number of hydrogen-bond acceptors (Lipinski definition) is 7. The summed E-state index contributed by atoms with van der Waals surface area (Å²) in [6.45, 7) is 5.22. The van der Waals surface area contributed by atoms with Gasteiger partial charge in [-0.15, -0.1) is 0 Å². The van der Waals surface area contributed by atoms with Gasteiger partial charge in [0, 0.05) is 24.3 Å². The monoisotopic (exact) mass is 420 g/mol. The number of halogens is 1. The van der Waals surface area contributed by atoms with Crippen LogP contribution in [0.2, 0.25) is 0 Å². The predicted octanol–water partition coefficient (Wildman–Crippen LogP) is 2.30. The van der Waals surface area contributed by atoms with Crippen LogP contribution in [0.25, 0.3) is 10.9 Å². The number of aromatic carboxylic acids is 1. The topological polar surface area (TPSA) is 124 Å². The SMILES string of the molecule is CCOC(=O)C(C=Nc1cc2c(cc1F)c(=O)c(C(=O)O)cn2CC)C(=O)OCC. The van der Waals surface area contributed by atoms with Crippen molar-refractivity contribution in [1.82, 2.24) is 4.57 Å². The third-order valence-corrected chi connectivity index (χ3v) is 4.16. The van der Waals surface area contributed by atoms with E-state index in [4.69, 9.17) is 9.47 Å². The highest BCUT2D eigenvalue weighted by Gasteiger charge is 2.28. The molecule has 1 heterocycles. The zero-order chi connectivity index (χ0) is 22.4. The van der Waals surface area contributed by atoms with Crippen LogP contribution in [-0.4, -0.2) is 47.0 Å². The number of aromatic nitrogens is 1. The second-order valence-corrected chi connectivity index (χ2v) is 6.04. The summed E-state index contributed by atoms with van der Waals surface area (Å²) in [5.41, 5.74) is -1.30. The molecule has 1 N–H and O–H groups in total. The Bertz CT molecular complexity index is 1060. The second kappa shape index (κ2) is 9.77. The Morgan fingerprint density at radius 2 is 1.77 bits per heavy atom. The van der Waals surface area contributed by atoms with Crippen LogP contribution in [-0.2, 0) is 25.6 Å². The molecule has 0 spiro atoms. The molecule has 0 bridgehead atoms. The Balaban J connectivity index is 2.58. The maximum Gasteiger partial charge on any atom is 0.341 e. The van der Waals surface area contributed by atoms with Crippen molar-refractivity contribution < 1.29 is 33.4 Å². The summed E-state index contributed by atoms with van der Waals surface area (Å²) in [5, 5.41) is 9.06. The van der Waals surface area contributed by atoms with Crippen molar-refractivity contribution in [2.75, 3.05) is 13.2 Å². The van der Waals surface area contributed by atoms with E-state index >= 15 is 0 Å². The molecule has 0 unspecified atom stereocenters. The largest absolute Gasteiger partial charge is 0.477 e. The standard InChI is InChI=1S/C20H21FN2O7/c1-4-23-10-13(18(25)26)17(24)11-7-14(21)15(8-16(11)23)22-9-12(19(27)29-5-2)20(28)30-6-3/h7-10,12H,4-6H2,1-3H3,(H,25,26). The number of aryl methyl sites for hydroxylation is 1. The van der Waals surface area contributed by atoms with Crippen LogP contribution in [0.15, 0.2) is 28.1 Å². The van der Waals surface area contributed by atoms with Gasteiger partial charge in [0.15, 0.2) is 5.92 Å². The number of aliphatic imine (C=N–C) groups is 1. The van der Waals surface area contributed by atoms with E-state index in [2.05, 4.69) is 4.99 Å².